The molecule has 1 aliphatic heterocycles. The fourth-order valence-corrected chi connectivity index (χ4v) is 2.37. The maximum absolute atomic E-state index is 5.58. The smallest absolute Gasteiger partial charge is 0.0576 e. The zero-order valence-electron chi connectivity index (χ0n) is 9.64. The van der Waals surface area contributed by atoms with E-state index >= 15 is 0 Å². The first-order chi connectivity index (χ1) is 7.43. The molecule has 1 N–H and O–H groups in total. The lowest BCUT2D eigenvalue weighted by Gasteiger charge is -2.09. The lowest BCUT2D eigenvalue weighted by atomic mass is 10.1. The molecule has 0 amide bonds. The van der Waals surface area contributed by atoms with Crippen LogP contribution in [0.25, 0.3) is 0 Å². The van der Waals surface area contributed by atoms with Gasteiger partial charge in [-0.05, 0) is 51.6 Å². The topological polar surface area (TPSA) is 21.3 Å². The molecular weight excluding hydrogens is 254 g/mol. The highest BCUT2D eigenvalue weighted by molar-refractivity contribution is 9.09. The second kappa shape index (κ2) is 9.61. The van der Waals surface area contributed by atoms with Crippen molar-refractivity contribution in [3.63, 3.8) is 0 Å². The average molecular weight is 278 g/mol. The summed E-state index contributed by atoms with van der Waals surface area (Å²) in [4.78, 5) is 0. The fourth-order valence-electron chi connectivity index (χ4n) is 1.97. The molecule has 1 aliphatic rings. The summed E-state index contributed by atoms with van der Waals surface area (Å²) in [7, 11) is 0. The third kappa shape index (κ3) is 7.31. The fraction of sp³-hybridized carbons (Fsp3) is 1.00. The van der Waals surface area contributed by atoms with E-state index in [-0.39, 0.29) is 0 Å². The summed E-state index contributed by atoms with van der Waals surface area (Å²) in [6.45, 7) is 3.33. The molecule has 1 atom stereocenters. The molecule has 0 radical (unpaired) electrons. The Morgan fingerprint density at radius 3 is 2.73 bits per heavy atom. The molecule has 0 aromatic carbocycles. The summed E-state index contributed by atoms with van der Waals surface area (Å²) in [6, 6.07) is 0. The van der Waals surface area contributed by atoms with Gasteiger partial charge in [0.05, 0.1) is 6.10 Å². The first kappa shape index (κ1) is 13.5. The molecule has 1 unspecified atom stereocenters. The summed E-state index contributed by atoms with van der Waals surface area (Å²) < 4.78 is 5.58. The predicted octanol–water partition coefficient (Wildman–Crippen LogP) is 3.10. The number of unbranched alkanes of at least 4 members (excludes halogenated alkanes) is 2. The van der Waals surface area contributed by atoms with E-state index in [2.05, 4.69) is 21.2 Å². The number of rotatable bonds is 9. The van der Waals surface area contributed by atoms with Crippen molar-refractivity contribution in [2.45, 2.75) is 51.0 Å². The Morgan fingerprint density at radius 2 is 2.00 bits per heavy atom. The number of halogens is 1. The van der Waals surface area contributed by atoms with E-state index in [1.807, 2.05) is 0 Å². The molecule has 90 valence electrons. The average Bonchev–Trinajstić information content (AvgIpc) is 2.75. The van der Waals surface area contributed by atoms with Gasteiger partial charge in [0.15, 0.2) is 0 Å². The zero-order valence-corrected chi connectivity index (χ0v) is 11.2. The van der Waals surface area contributed by atoms with Gasteiger partial charge in [0, 0.05) is 11.9 Å². The molecule has 0 saturated carbocycles. The van der Waals surface area contributed by atoms with Gasteiger partial charge in [0.25, 0.3) is 0 Å². The van der Waals surface area contributed by atoms with Crippen molar-refractivity contribution >= 4 is 15.9 Å². The largest absolute Gasteiger partial charge is 0.378 e. The van der Waals surface area contributed by atoms with Crippen molar-refractivity contribution < 1.29 is 4.74 Å². The molecule has 1 saturated heterocycles. The summed E-state index contributed by atoms with van der Waals surface area (Å²) >= 11 is 3.45. The van der Waals surface area contributed by atoms with Gasteiger partial charge >= 0.3 is 0 Å². The van der Waals surface area contributed by atoms with Crippen LogP contribution >= 0.6 is 15.9 Å². The van der Waals surface area contributed by atoms with Crippen LogP contribution in [0.2, 0.25) is 0 Å². The third-order valence-corrected chi connectivity index (χ3v) is 3.45. The molecule has 2 nitrogen and oxygen atoms in total. The molecular formula is C12H24BrNO. The van der Waals surface area contributed by atoms with Crippen molar-refractivity contribution in [3.8, 4) is 0 Å². The highest BCUT2D eigenvalue weighted by atomic mass is 79.9. The Hall–Kier alpha value is 0.400. The maximum atomic E-state index is 5.58. The molecule has 0 bridgehead atoms. The summed E-state index contributed by atoms with van der Waals surface area (Å²) in [6.07, 6.45) is 9.58. The molecule has 15 heavy (non-hydrogen) atoms. The van der Waals surface area contributed by atoms with Crippen molar-refractivity contribution in [2.24, 2.45) is 0 Å². The second-order valence-electron chi connectivity index (χ2n) is 4.28. The van der Waals surface area contributed by atoms with Crippen molar-refractivity contribution in [1.29, 1.82) is 0 Å². The maximum Gasteiger partial charge on any atom is 0.0576 e. The van der Waals surface area contributed by atoms with E-state index in [9.17, 15) is 0 Å². The van der Waals surface area contributed by atoms with Crippen LogP contribution in [0, 0.1) is 0 Å². The standard InChI is InChI=1S/C12H24BrNO/c13-8-2-1-3-9-14-10-4-6-12-7-5-11-15-12/h12,14H,1-11H2. The number of hydrogen-bond donors (Lipinski definition) is 1. The number of ether oxygens (including phenoxy) is 1. The highest BCUT2D eigenvalue weighted by Gasteiger charge is 2.13. The number of hydrogen-bond acceptors (Lipinski definition) is 2. The predicted molar refractivity (Wildman–Crippen MR) is 68.7 cm³/mol. The summed E-state index contributed by atoms with van der Waals surface area (Å²) in [5, 5.41) is 4.64. The minimum absolute atomic E-state index is 0.570. The van der Waals surface area contributed by atoms with E-state index in [4.69, 9.17) is 4.74 Å². The Balaban J connectivity index is 1.73. The van der Waals surface area contributed by atoms with Crippen LogP contribution in [-0.2, 0) is 4.74 Å². The molecule has 3 heteroatoms. The lowest BCUT2D eigenvalue weighted by Crippen LogP contribution is -2.18. The van der Waals surface area contributed by atoms with Gasteiger partial charge in [-0.2, -0.15) is 0 Å². The van der Waals surface area contributed by atoms with Gasteiger partial charge < -0.3 is 10.1 Å². The van der Waals surface area contributed by atoms with Gasteiger partial charge in [-0.3, -0.25) is 0 Å². The van der Waals surface area contributed by atoms with Gasteiger partial charge in [-0.25, -0.2) is 0 Å². The van der Waals surface area contributed by atoms with Crippen LogP contribution in [0.1, 0.15) is 44.9 Å². The van der Waals surface area contributed by atoms with Gasteiger partial charge in [0.2, 0.25) is 0 Å². The quantitative estimate of drug-likeness (QED) is 0.517. The summed E-state index contributed by atoms with van der Waals surface area (Å²) in [5.41, 5.74) is 0. The molecule has 0 aliphatic carbocycles. The number of alkyl halides is 1. The Labute approximate surface area is 102 Å². The second-order valence-corrected chi connectivity index (χ2v) is 5.07. The van der Waals surface area contributed by atoms with Crippen molar-refractivity contribution in [2.75, 3.05) is 25.0 Å². The van der Waals surface area contributed by atoms with E-state index in [0.717, 1.165) is 18.5 Å². The van der Waals surface area contributed by atoms with E-state index in [0.29, 0.717) is 6.10 Å². The van der Waals surface area contributed by atoms with Crippen molar-refractivity contribution in [3.05, 3.63) is 0 Å². The van der Waals surface area contributed by atoms with Crippen LogP contribution in [0.4, 0.5) is 0 Å². The molecule has 1 fully saturated rings. The Kier molecular flexibility index (Phi) is 8.63. The van der Waals surface area contributed by atoms with E-state index in [1.54, 1.807) is 0 Å². The monoisotopic (exact) mass is 277 g/mol. The SMILES string of the molecule is BrCCCCCNCCCC1CCCO1. The van der Waals surface area contributed by atoms with Crippen molar-refractivity contribution in [1.82, 2.24) is 5.32 Å². The first-order valence-electron chi connectivity index (χ1n) is 6.32. The molecule has 0 spiro atoms. The van der Waals surface area contributed by atoms with Crippen LogP contribution in [0.15, 0.2) is 0 Å². The summed E-state index contributed by atoms with van der Waals surface area (Å²) in [5.74, 6) is 0. The Bertz CT molecular complexity index is 138. The minimum atomic E-state index is 0.570. The van der Waals surface area contributed by atoms with Crippen LogP contribution in [0.3, 0.4) is 0 Å². The van der Waals surface area contributed by atoms with Crippen LogP contribution in [-0.4, -0.2) is 31.1 Å². The van der Waals surface area contributed by atoms with Gasteiger partial charge in [0.1, 0.15) is 0 Å². The van der Waals surface area contributed by atoms with Crippen LogP contribution < -0.4 is 5.32 Å². The van der Waals surface area contributed by atoms with Gasteiger partial charge in [-0.15, -0.1) is 0 Å². The minimum Gasteiger partial charge on any atom is -0.378 e. The van der Waals surface area contributed by atoms with E-state index in [1.165, 1.54) is 51.5 Å². The lowest BCUT2D eigenvalue weighted by molar-refractivity contribution is 0.102. The molecule has 1 rings (SSSR count). The normalized spacial score (nSPS) is 21.0. The third-order valence-electron chi connectivity index (χ3n) is 2.89. The molecule has 0 aromatic heterocycles. The van der Waals surface area contributed by atoms with Crippen LogP contribution in [0.5, 0.6) is 0 Å². The molecule has 1 heterocycles. The Morgan fingerprint density at radius 1 is 1.13 bits per heavy atom. The van der Waals surface area contributed by atoms with E-state index < -0.39 is 0 Å². The number of nitrogens with one attached hydrogen (secondary N) is 1. The van der Waals surface area contributed by atoms with Gasteiger partial charge in [-0.1, -0.05) is 22.4 Å². The first-order valence-corrected chi connectivity index (χ1v) is 7.44. The zero-order chi connectivity index (χ0) is 10.8. The molecule has 0 aromatic rings. The highest BCUT2D eigenvalue weighted by Crippen LogP contribution is 2.16.